The van der Waals surface area contributed by atoms with Crippen molar-refractivity contribution < 1.29 is 37.2 Å². The maximum absolute atomic E-state index is 13.9. The molecule has 17 heteroatoms. The Kier molecular flexibility index (Phi) is 8.96. The van der Waals surface area contributed by atoms with E-state index in [2.05, 4.69) is 40.3 Å². The largest absolute Gasteiger partial charge is 0.497 e. The van der Waals surface area contributed by atoms with Crippen molar-refractivity contribution in [2.45, 2.75) is 4.90 Å². The van der Waals surface area contributed by atoms with Crippen molar-refractivity contribution in [3.05, 3.63) is 60.8 Å². The van der Waals surface area contributed by atoms with Gasteiger partial charge in [0.1, 0.15) is 28.7 Å². The van der Waals surface area contributed by atoms with E-state index < -0.39 is 10.0 Å². The molecule has 3 N–H and O–H groups in total. The SMILES string of the molecule is COc1ccc(OC)c(S(=O)(=O)Nc2nc(-c3ccnc(-c4nnn[nH]4)c3)nc(OCCO)c2Oc2ccccc2OC)c1. The maximum Gasteiger partial charge on any atom is 0.266 e. The molecule has 3 heterocycles. The summed E-state index contributed by atoms with van der Waals surface area (Å²) in [6, 6.07) is 14.2. The Labute approximate surface area is 251 Å². The lowest BCUT2D eigenvalue weighted by Crippen LogP contribution is -2.17. The van der Waals surface area contributed by atoms with Crippen LogP contribution < -0.4 is 28.4 Å². The van der Waals surface area contributed by atoms with Gasteiger partial charge in [-0.2, -0.15) is 4.98 Å². The second-order valence-electron chi connectivity index (χ2n) is 8.66. The van der Waals surface area contributed by atoms with Crippen LogP contribution in [-0.2, 0) is 10.0 Å². The normalized spacial score (nSPS) is 11.1. The number of aliphatic hydroxyl groups excluding tert-OH is 1. The van der Waals surface area contributed by atoms with E-state index in [0.717, 1.165) is 0 Å². The summed E-state index contributed by atoms with van der Waals surface area (Å²) < 4.78 is 58.0. The van der Waals surface area contributed by atoms with Crippen molar-refractivity contribution in [2.75, 3.05) is 39.3 Å². The Morgan fingerprint density at radius 3 is 2.43 bits per heavy atom. The number of H-pyrrole nitrogens is 1. The highest BCUT2D eigenvalue weighted by Gasteiger charge is 2.28. The number of anilines is 1. The standard InChI is InChI=1S/C27H26N8O8S/c1-39-17-8-9-21(41-3)22(15-17)44(37,38)33-26-23(43-20-7-5-4-6-19(20)40-2)27(42-13-12-36)30-24(29-26)16-10-11-28-18(14-16)25-31-34-35-32-25/h4-11,14-15,36H,12-13H2,1-3H3,(H,29,30,33)(H,31,32,34,35). The number of hydrogen-bond donors (Lipinski definition) is 3. The number of nitrogens with zero attached hydrogens (tertiary/aromatic N) is 6. The van der Waals surface area contributed by atoms with Crippen LogP contribution in [0, 0.1) is 0 Å². The van der Waals surface area contributed by atoms with Crippen LogP contribution in [0.1, 0.15) is 0 Å². The highest BCUT2D eigenvalue weighted by atomic mass is 32.2. The summed E-state index contributed by atoms with van der Waals surface area (Å²) in [6.45, 7) is -0.562. The van der Waals surface area contributed by atoms with Crippen molar-refractivity contribution in [1.82, 2.24) is 35.6 Å². The molecule has 0 spiro atoms. The molecule has 0 aliphatic rings. The van der Waals surface area contributed by atoms with Gasteiger partial charge in [0.05, 0.1) is 27.9 Å². The molecule has 0 aliphatic carbocycles. The summed E-state index contributed by atoms with van der Waals surface area (Å²) in [6.07, 6.45) is 1.48. The number of ether oxygens (including phenoxy) is 5. The van der Waals surface area contributed by atoms with Crippen molar-refractivity contribution in [2.24, 2.45) is 0 Å². The Morgan fingerprint density at radius 2 is 1.73 bits per heavy atom. The Morgan fingerprint density at radius 1 is 0.932 bits per heavy atom. The van der Waals surface area contributed by atoms with Crippen molar-refractivity contribution >= 4 is 15.8 Å². The molecular formula is C27H26N8O8S. The first-order chi connectivity index (χ1) is 21.4. The van der Waals surface area contributed by atoms with E-state index >= 15 is 0 Å². The zero-order valence-corrected chi connectivity index (χ0v) is 24.4. The summed E-state index contributed by atoms with van der Waals surface area (Å²) in [7, 11) is -0.205. The molecular weight excluding hydrogens is 596 g/mol. The lowest BCUT2D eigenvalue weighted by Gasteiger charge is -2.19. The molecule has 0 unspecified atom stereocenters. The number of aliphatic hydroxyl groups is 1. The molecule has 16 nitrogen and oxygen atoms in total. The zero-order valence-electron chi connectivity index (χ0n) is 23.6. The Bertz CT molecular complexity index is 1860. The van der Waals surface area contributed by atoms with Crippen LogP contribution in [0.3, 0.4) is 0 Å². The third kappa shape index (κ3) is 6.42. The topological polar surface area (TPSA) is 206 Å². The summed E-state index contributed by atoms with van der Waals surface area (Å²) in [5.74, 6) is 0.516. The second-order valence-corrected chi connectivity index (χ2v) is 10.3. The Balaban J connectivity index is 1.70. The lowest BCUT2D eigenvalue weighted by atomic mass is 10.2. The van der Waals surface area contributed by atoms with E-state index in [9.17, 15) is 13.5 Å². The third-order valence-corrected chi connectivity index (χ3v) is 7.30. The average molecular weight is 623 g/mol. The average Bonchev–Trinajstić information content (AvgIpc) is 3.60. The molecule has 0 aliphatic heterocycles. The predicted molar refractivity (Wildman–Crippen MR) is 154 cm³/mol. The number of sulfonamides is 1. The van der Waals surface area contributed by atoms with Gasteiger partial charge in [-0.1, -0.05) is 12.1 Å². The first-order valence-corrected chi connectivity index (χ1v) is 14.3. The van der Waals surface area contributed by atoms with E-state index in [1.165, 1.54) is 39.7 Å². The molecule has 0 bridgehead atoms. The number of para-hydroxylation sites is 2. The first-order valence-electron chi connectivity index (χ1n) is 12.8. The van der Waals surface area contributed by atoms with Gasteiger partial charge in [0.15, 0.2) is 29.0 Å². The maximum atomic E-state index is 13.9. The number of methoxy groups -OCH3 is 3. The monoisotopic (exact) mass is 622 g/mol. The van der Waals surface area contributed by atoms with Crippen LogP contribution in [0.2, 0.25) is 0 Å². The van der Waals surface area contributed by atoms with Gasteiger partial charge in [0, 0.05) is 17.8 Å². The number of nitrogens with one attached hydrogen (secondary N) is 2. The number of aromatic amines is 1. The molecule has 228 valence electrons. The van der Waals surface area contributed by atoms with E-state index in [4.69, 9.17) is 23.7 Å². The number of aromatic nitrogens is 7. The quantitative estimate of drug-likeness (QED) is 0.173. The third-order valence-electron chi connectivity index (χ3n) is 5.94. The fourth-order valence-electron chi connectivity index (χ4n) is 3.92. The van der Waals surface area contributed by atoms with Crippen LogP contribution in [-0.4, -0.2) is 83.6 Å². The van der Waals surface area contributed by atoms with Gasteiger partial charge in [-0.25, -0.2) is 18.5 Å². The zero-order chi connectivity index (χ0) is 31.1. The van der Waals surface area contributed by atoms with E-state index in [0.29, 0.717) is 17.0 Å². The van der Waals surface area contributed by atoms with Crippen LogP contribution >= 0.6 is 0 Å². The lowest BCUT2D eigenvalue weighted by molar-refractivity contribution is 0.192. The molecule has 5 aromatic rings. The minimum absolute atomic E-state index is 0.0248. The number of benzene rings is 2. The molecule has 5 rings (SSSR count). The molecule has 0 fully saturated rings. The van der Waals surface area contributed by atoms with Crippen LogP contribution in [0.15, 0.2) is 65.7 Å². The summed E-state index contributed by atoms with van der Waals surface area (Å²) in [4.78, 5) is 13.1. The van der Waals surface area contributed by atoms with E-state index in [1.54, 1.807) is 42.5 Å². The van der Waals surface area contributed by atoms with Crippen LogP contribution in [0.25, 0.3) is 22.9 Å². The van der Waals surface area contributed by atoms with Crippen molar-refractivity contribution in [3.63, 3.8) is 0 Å². The minimum Gasteiger partial charge on any atom is -0.497 e. The van der Waals surface area contributed by atoms with Gasteiger partial charge in [-0.15, -0.1) is 5.10 Å². The molecule has 3 aromatic heterocycles. The smallest absolute Gasteiger partial charge is 0.266 e. The van der Waals surface area contributed by atoms with Crippen molar-refractivity contribution in [3.8, 4) is 57.5 Å². The van der Waals surface area contributed by atoms with Crippen LogP contribution in [0.5, 0.6) is 34.6 Å². The molecule has 0 saturated carbocycles. The minimum atomic E-state index is -4.40. The fourth-order valence-corrected chi connectivity index (χ4v) is 5.11. The van der Waals surface area contributed by atoms with Gasteiger partial charge >= 0.3 is 0 Å². The van der Waals surface area contributed by atoms with Crippen LogP contribution in [0.4, 0.5) is 5.82 Å². The van der Waals surface area contributed by atoms with Gasteiger partial charge in [-0.05, 0) is 46.8 Å². The summed E-state index contributed by atoms with van der Waals surface area (Å²) in [5, 5.41) is 23.2. The number of tetrazole rings is 1. The molecule has 0 amide bonds. The van der Waals surface area contributed by atoms with Gasteiger partial charge in [0.25, 0.3) is 15.9 Å². The van der Waals surface area contributed by atoms with E-state index in [1.807, 2.05) is 0 Å². The first kappa shape index (κ1) is 29.9. The molecule has 0 atom stereocenters. The van der Waals surface area contributed by atoms with E-state index in [-0.39, 0.29) is 64.5 Å². The Hall–Kier alpha value is -5.55. The molecule has 44 heavy (non-hydrogen) atoms. The van der Waals surface area contributed by atoms with Gasteiger partial charge < -0.3 is 28.8 Å². The van der Waals surface area contributed by atoms with Crippen molar-refractivity contribution in [1.29, 1.82) is 0 Å². The second kappa shape index (κ2) is 13.2. The summed E-state index contributed by atoms with van der Waals surface area (Å²) >= 11 is 0. The molecule has 0 radical (unpaired) electrons. The van der Waals surface area contributed by atoms with Gasteiger partial charge in [0.2, 0.25) is 5.75 Å². The molecule has 2 aromatic carbocycles. The summed E-state index contributed by atoms with van der Waals surface area (Å²) in [5.41, 5.74) is 0.773. The molecule has 0 saturated heterocycles. The number of pyridine rings is 1. The highest BCUT2D eigenvalue weighted by molar-refractivity contribution is 7.92. The number of rotatable bonds is 13. The fraction of sp³-hybridized carbons (Fsp3) is 0.185. The predicted octanol–water partition coefficient (Wildman–Crippen LogP) is 2.71. The van der Waals surface area contributed by atoms with Gasteiger partial charge in [-0.3, -0.25) is 9.71 Å². The number of hydrogen-bond acceptors (Lipinski definition) is 14. The highest BCUT2D eigenvalue weighted by Crippen LogP contribution is 2.42.